The highest BCUT2D eigenvalue weighted by Gasteiger charge is 2.27. The number of carbonyl (C=O) groups excluding carboxylic acids is 1. The van der Waals surface area contributed by atoms with Crippen LogP contribution in [0.2, 0.25) is 0 Å². The molecule has 202 valence electrons. The SMILES string of the molecule is COc1ccc(S(=O)(=O)N(CCc2ccccc2)CC(=O)NN=Cc2c(O)ccc3ccccc23)cc1OC. The first-order valence-electron chi connectivity index (χ1n) is 12.1. The summed E-state index contributed by atoms with van der Waals surface area (Å²) in [6.07, 6.45) is 1.74. The Balaban J connectivity index is 1.56. The summed E-state index contributed by atoms with van der Waals surface area (Å²) in [6, 6.07) is 24.4. The maximum atomic E-state index is 13.6. The summed E-state index contributed by atoms with van der Waals surface area (Å²) in [5.41, 5.74) is 3.75. The molecule has 4 aromatic rings. The number of rotatable bonds is 11. The van der Waals surface area contributed by atoms with Gasteiger partial charge in [-0.3, -0.25) is 4.79 Å². The van der Waals surface area contributed by atoms with Gasteiger partial charge in [-0.25, -0.2) is 13.8 Å². The Morgan fingerprint density at radius 1 is 0.949 bits per heavy atom. The zero-order chi connectivity index (χ0) is 27.8. The molecule has 0 bridgehead atoms. The summed E-state index contributed by atoms with van der Waals surface area (Å²) in [6.45, 7) is -0.412. The van der Waals surface area contributed by atoms with Crippen molar-refractivity contribution in [3.05, 3.63) is 96.1 Å². The van der Waals surface area contributed by atoms with E-state index < -0.39 is 22.5 Å². The van der Waals surface area contributed by atoms with E-state index in [-0.39, 0.29) is 22.9 Å². The van der Waals surface area contributed by atoms with E-state index in [2.05, 4.69) is 10.5 Å². The average molecular weight is 548 g/mol. The topological polar surface area (TPSA) is 118 Å². The number of sulfonamides is 1. The van der Waals surface area contributed by atoms with Gasteiger partial charge in [0.2, 0.25) is 10.0 Å². The van der Waals surface area contributed by atoms with Crippen LogP contribution < -0.4 is 14.9 Å². The fourth-order valence-corrected chi connectivity index (χ4v) is 5.51. The van der Waals surface area contributed by atoms with Gasteiger partial charge in [0.1, 0.15) is 5.75 Å². The lowest BCUT2D eigenvalue weighted by Crippen LogP contribution is -2.40. The van der Waals surface area contributed by atoms with Crippen molar-refractivity contribution in [1.29, 1.82) is 0 Å². The van der Waals surface area contributed by atoms with Crippen molar-refractivity contribution in [1.82, 2.24) is 9.73 Å². The molecule has 0 aliphatic rings. The second-order valence-electron chi connectivity index (χ2n) is 8.60. The molecule has 4 aromatic carbocycles. The third-order valence-corrected chi connectivity index (χ3v) is 7.98. The minimum absolute atomic E-state index is 0.00668. The molecule has 0 heterocycles. The molecule has 2 N–H and O–H groups in total. The van der Waals surface area contributed by atoms with Gasteiger partial charge >= 0.3 is 0 Å². The van der Waals surface area contributed by atoms with Gasteiger partial charge in [0, 0.05) is 18.2 Å². The molecule has 0 fully saturated rings. The van der Waals surface area contributed by atoms with Crippen LogP contribution in [0, 0.1) is 0 Å². The van der Waals surface area contributed by atoms with Crippen LogP contribution in [0.5, 0.6) is 17.2 Å². The highest BCUT2D eigenvalue weighted by atomic mass is 32.2. The third-order valence-electron chi connectivity index (χ3n) is 6.14. The van der Waals surface area contributed by atoms with Gasteiger partial charge in [-0.2, -0.15) is 9.41 Å². The first-order valence-corrected chi connectivity index (χ1v) is 13.6. The van der Waals surface area contributed by atoms with E-state index in [9.17, 15) is 18.3 Å². The lowest BCUT2D eigenvalue weighted by atomic mass is 10.0. The van der Waals surface area contributed by atoms with Crippen LogP contribution in [-0.2, 0) is 21.2 Å². The number of hydrogen-bond acceptors (Lipinski definition) is 7. The number of fused-ring (bicyclic) bond motifs is 1. The van der Waals surface area contributed by atoms with Gasteiger partial charge in [0.15, 0.2) is 11.5 Å². The van der Waals surface area contributed by atoms with Crippen molar-refractivity contribution in [2.24, 2.45) is 5.10 Å². The Kier molecular flexibility index (Phi) is 8.80. The van der Waals surface area contributed by atoms with Crippen LogP contribution in [0.15, 0.2) is 94.9 Å². The summed E-state index contributed by atoms with van der Waals surface area (Å²) >= 11 is 0. The Labute approximate surface area is 227 Å². The van der Waals surface area contributed by atoms with E-state index in [1.165, 1.54) is 38.6 Å². The number of aromatic hydroxyl groups is 1. The molecule has 0 aromatic heterocycles. The molecule has 0 radical (unpaired) electrons. The molecular formula is C29H29N3O6S. The molecule has 0 aliphatic heterocycles. The van der Waals surface area contributed by atoms with Crippen molar-refractivity contribution in [2.45, 2.75) is 11.3 Å². The van der Waals surface area contributed by atoms with Crippen molar-refractivity contribution in [3.8, 4) is 17.2 Å². The zero-order valence-electron chi connectivity index (χ0n) is 21.6. The maximum Gasteiger partial charge on any atom is 0.255 e. The lowest BCUT2D eigenvalue weighted by molar-refractivity contribution is -0.121. The molecule has 39 heavy (non-hydrogen) atoms. The van der Waals surface area contributed by atoms with E-state index in [1.807, 2.05) is 54.6 Å². The van der Waals surface area contributed by atoms with Crippen LogP contribution in [-0.4, -0.2) is 57.3 Å². The fraction of sp³-hybridized carbons (Fsp3) is 0.172. The first-order chi connectivity index (χ1) is 18.8. The predicted molar refractivity (Wildman–Crippen MR) is 150 cm³/mol. The Hall–Kier alpha value is -4.41. The van der Waals surface area contributed by atoms with E-state index in [1.54, 1.807) is 12.1 Å². The molecule has 0 saturated heterocycles. The summed E-state index contributed by atoms with van der Waals surface area (Å²) in [4.78, 5) is 12.8. The van der Waals surface area contributed by atoms with E-state index in [0.29, 0.717) is 17.7 Å². The molecular weight excluding hydrogens is 518 g/mol. The molecule has 0 atom stereocenters. The lowest BCUT2D eigenvalue weighted by Gasteiger charge is -2.22. The number of ether oxygens (including phenoxy) is 2. The standard InChI is InChI=1S/C29H29N3O6S/c1-37-27-15-13-23(18-28(27)38-2)39(35,36)32(17-16-21-8-4-3-5-9-21)20-29(34)31-30-19-25-24-11-7-6-10-22(24)12-14-26(25)33/h3-15,18-19,33H,16-17,20H2,1-2H3,(H,31,34). The molecule has 0 saturated carbocycles. The van der Waals surface area contributed by atoms with Crippen molar-refractivity contribution < 1.29 is 27.8 Å². The van der Waals surface area contributed by atoms with Crippen LogP contribution >= 0.6 is 0 Å². The molecule has 4 rings (SSSR count). The predicted octanol–water partition coefficient (Wildman–Crippen LogP) is 3.95. The highest BCUT2D eigenvalue weighted by molar-refractivity contribution is 7.89. The van der Waals surface area contributed by atoms with E-state index >= 15 is 0 Å². The number of methoxy groups -OCH3 is 2. The van der Waals surface area contributed by atoms with E-state index in [0.717, 1.165) is 20.6 Å². The number of amides is 1. The summed E-state index contributed by atoms with van der Waals surface area (Å²) < 4.78 is 38.8. The van der Waals surface area contributed by atoms with Crippen LogP contribution in [0.4, 0.5) is 0 Å². The van der Waals surface area contributed by atoms with Crippen LogP contribution in [0.3, 0.4) is 0 Å². The van der Waals surface area contributed by atoms with Gasteiger partial charge in [-0.1, -0.05) is 60.7 Å². The number of nitrogens with one attached hydrogen (secondary N) is 1. The Morgan fingerprint density at radius 2 is 1.67 bits per heavy atom. The highest BCUT2D eigenvalue weighted by Crippen LogP contribution is 2.31. The van der Waals surface area contributed by atoms with Crippen LogP contribution in [0.1, 0.15) is 11.1 Å². The van der Waals surface area contributed by atoms with Crippen molar-refractivity contribution in [3.63, 3.8) is 0 Å². The normalized spacial score (nSPS) is 11.7. The molecule has 0 aliphatic carbocycles. The minimum Gasteiger partial charge on any atom is -0.507 e. The largest absolute Gasteiger partial charge is 0.507 e. The quantitative estimate of drug-likeness (QED) is 0.217. The maximum absolute atomic E-state index is 13.6. The second kappa shape index (κ2) is 12.4. The molecule has 0 spiro atoms. The van der Waals surface area contributed by atoms with Gasteiger partial charge in [-0.05, 0) is 41.0 Å². The van der Waals surface area contributed by atoms with E-state index in [4.69, 9.17) is 9.47 Å². The second-order valence-corrected chi connectivity index (χ2v) is 10.5. The summed E-state index contributed by atoms with van der Waals surface area (Å²) in [7, 11) is -1.21. The molecule has 1 amide bonds. The van der Waals surface area contributed by atoms with Crippen molar-refractivity contribution in [2.75, 3.05) is 27.3 Å². The molecule has 9 nitrogen and oxygen atoms in total. The summed E-state index contributed by atoms with van der Waals surface area (Å²) in [5.74, 6) is 0.0110. The number of phenolic OH excluding ortho intramolecular Hbond substituents is 1. The molecule has 10 heteroatoms. The van der Waals surface area contributed by atoms with Gasteiger partial charge in [-0.15, -0.1) is 0 Å². The van der Waals surface area contributed by atoms with Gasteiger partial charge in [0.05, 0.1) is 31.9 Å². The number of phenols is 1. The third kappa shape index (κ3) is 6.54. The minimum atomic E-state index is -4.09. The fourth-order valence-electron chi connectivity index (χ4n) is 4.09. The van der Waals surface area contributed by atoms with Crippen molar-refractivity contribution >= 4 is 32.9 Å². The zero-order valence-corrected chi connectivity index (χ0v) is 22.4. The monoisotopic (exact) mass is 547 g/mol. The number of carbonyl (C=O) groups is 1. The Morgan fingerprint density at radius 3 is 2.41 bits per heavy atom. The molecule has 0 unspecified atom stereocenters. The number of nitrogens with zero attached hydrogens (tertiary/aromatic N) is 2. The Bertz CT molecular complexity index is 1590. The number of benzene rings is 4. The average Bonchev–Trinajstić information content (AvgIpc) is 2.96. The van der Waals surface area contributed by atoms with Gasteiger partial charge < -0.3 is 14.6 Å². The smallest absolute Gasteiger partial charge is 0.255 e. The first kappa shape index (κ1) is 27.6. The number of hydrogen-bond donors (Lipinski definition) is 2. The van der Waals surface area contributed by atoms with Gasteiger partial charge in [0.25, 0.3) is 5.91 Å². The van der Waals surface area contributed by atoms with Crippen LogP contribution in [0.25, 0.3) is 10.8 Å². The number of hydrazone groups is 1. The summed E-state index contributed by atoms with van der Waals surface area (Å²) in [5, 5.41) is 15.9.